The van der Waals surface area contributed by atoms with Crippen LogP contribution in [0.4, 0.5) is 0 Å². The van der Waals surface area contributed by atoms with Crippen LogP contribution in [0.1, 0.15) is 41.5 Å². The summed E-state index contributed by atoms with van der Waals surface area (Å²) in [6.07, 6.45) is 0. The molecule has 0 aromatic heterocycles. The molecule has 0 fully saturated rings. The highest BCUT2D eigenvalue weighted by atomic mass is 35.6. The van der Waals surface area contributed by atoms with Gasteiger partial charge in [-0.05, 0) is 20.4 Å². The zero-order valence-corrected chi connectivity index (χ0v) is 17.6. The predicted octanol–water partition coefficient (Wildman–Crippen LogP) is 5.33. The fourth-order valence-electron chi connectivity index (χ4n) is 2.11. The summed E-state index contributed by atoms with van der Waals surface area (Å²) in [7, 11) is -4.18. The van der Waals surface area contributed by atoms with Crippen LogP contribution in [0, 0.1) is 0 Å². The van der Waals surface area contributed by atoms with E-state index in [-0.39, 0.29) is 10.1 Å². The molecule has 1 rings (SSSR count). The van der Waals surface area contributed by atoms with E-state index >= 15 is 0 Å². The summed E-state index contributed by atoms with van der Waals surface area (Å²) in [4.78, 5) is 0. The van der Waals surface area contributed by atoms with Crippen LogP contribution in [-0.2, 0) is 0 Å². The van der Waals surface area contributed by atoms with E-state index in [0.717, 1.165) is 0 Å². The van der Waals surface area contributed by atoms with E-state index in [9.17, 15) is 0 Å². The minimum atomic E-state index is -2.09. The van der Waals surface area contributed by atoms with Gasteiger partial charge in [-0.3, -0.25) is 0 Å². The number of rotatable bonds is 2. The molecular formula is C16H28Cl2Si2. The van der Waals surface area contributed by atoms with E-state index in [1.54, 1.807) is 0 Å². The normalized spacial score (nSPS) is 19.3. The number of halogens is 2. The van der Waals surface area contributed by atoms with E-state index in [1.165, 1.54) is 10.4 Å². The molecule has 0 unspecified atom stereocenters. The maximum Gasteiger partial charge on any atom is 0.189 e. The Kier molecular flexibility index (Phi) is 4.99. The van der Waals surface area contributed by atoms with E-state index in [1.807, 2.05) is 0 Å². The Morgan fingerprint density at radius 1 is 0.700 bits per heavy atom. The minimum Gasteiger partial charge on any atom is -0.161 e. The summed E-state index contributed by atoms with van der Waals surface area (Å²) in [5.74, 6) is 0. The van der Waals surface area contributed by atoms with E-state index in [2.05, 4.69) is 78.9 Å². The fourth-order valence-corrected chi connectivity index (χ4v) is 8.69. The van der Waals surface area contributed by atoms with Crippen LogP contribution in [0.5, 0.6) is 0 Å². The first-order chi connectivity index (χ1) is 8.73. The molecule has 0 aliphatic rings. The second-order valence-corrected chi connectivity index (χ2v) is 20.7. The fraction of sp³-hybridized carbons (Fsp3) is 0.625. The molecule has 20 heavy (non-hydrogen) atoms. The van der Waals surface area contributed by atoms with Gasteiger partial charge in [-0.25, -0.2) is 0 Å². The topological polar surface area (TPSA) is 0 Å². The molecule has 0 nitrogen and oxygen atoms in total. The van der Waals surface area contributed by atoms with Crippen LogP contribution in [0.2, 0.25) is 23.2 Å². The molecule has 0 spiro atoms. The summed E-state index contributed by atoms with van der Waals surface area (Å²) < 4.78 is 0. The SMILES string of the molecule is CC(C)(C)[Si@@](C)(Cl)c1ccccc1[Si@@](C)(Cl)C(C)(C)C. The maximum atomic E-state index is 7.10. The van der Waals surface area contributed by atoms with Gasteiger partial charge in [-0.2, -0.15) is 22.2 Å². The Labute approximate surface area is 136 Å². The Morgan fingerprint density at radius 2 is 0.950 bits per heavy atom. The third kappa shape index (κ3) is 3.19. The van der Waals surface area contributed by atoms with Crippen molar-refractivity contribution in [2.45, 2.75) is 64.7 Å². The highest BCUT2D eigenvalue weighted by molar-refractivity contribution is 7.34. The molecule has 0 aliphatic heterocycles. The van der Waals surface area contributed by atoms with Crippen LogP contribution < -0.4 is 10.4 Å². The largest absolute Gasteiger partial charge is 0.189 e. The molecule has 0 bridgehead atoms. The molecule has 2 atom stereocenters. The highest BCUT2D eigenvalue weighted by Crippen LogP contribution is 2.41. The quantitative estimate of drug-likeness (QED) is 0.501. The van der Waals surface area contributed by atoms with Gasteiger partial charge in [0.15, 0.2) is 14.8 Å². The molecule has 0 radical (unpaired) electrons. The third-order valence-electron chi connectivity index (χ3n) is 4.76. The Morgan fingerprint density at radius 3 is 1.15 bits per heavy atom. The van der Waals surface area contributed by atoms with Crippen LogP contribution in [0.3, 0.4) is 0 Å². The Hall–Kier alpha value is 0.234. The van der Waals surface area contributed by atoms with Crippen molar-refractivity contribution >= 4 is 47.3 Å². The van der Waals surface area contributed by atoms with Crippen molar-refractivity contribution in [3.63, 3.8) is 0 Å². The van der Waals surface area contributed by atoms with Crippen molar-refractivity contribution in [3.8, 4) is 0 Å². The van der Waals surface area contributed by atoms with Crippen molar-refractivity contribution in [2.24, 2.45) is 0 Å². The predicted molar refractivity (Wildman–Crippen MR) is 100 cm³/mol. The first-order valence-corrected chi connectivity index (χ1v) is 14.2. The van der Waals surface area contributed by atoms with Crippen LogP contribution in [0.25, 0.3) is 0 Å². The summed E-state index contributed by atoms with van der Waals surface area (Å²) in [6, 6.07) is 8.61. The van der Waals surface area contributed by atoms with Gasteiger partial charge in [0.2, 0.25) is 0 Å². The van der Waals surface area contributed by atoms with Gasteiger partial charge in [-0.15, -0.1) is 0 Å². The molecule has 114 valence electrons. The molecule has 1 aromatic carbocycles. The third-order valence-corrected chi connectivity index (χ3v) is 18.2. The lowest BCUT2D eigenvalue weighted by Crippen LogP contribution is -2.62. The van der Waals surface area contributed by atoms with E-state index in [0.29, 0.717) is 0 Å². The number of hydrogen-bond donors (Lipinski definition) is 0. The monoisotopic (exact) mass is 346 g/mol. The lowest BCUT2D eigenvalue weighted by atomic mass is 10.2. The molecule has 0 saturated carbocycles. The Balaban J connectivity index is 3.55. The summed E-state index contributed by atoms with van der Waals surface area (Å²) in [6.45, 7) is 18.0. The smallest absolute Gasteiger partial charge is 0.161 e. The van der Waals surface area contributed by atoms with Gasteiger partial charge >= 0.3 is 0 Å². The first kappa shape index (κ1) is 18.3. The molecule has 0 saturated heterocycles. The van der Waals surface area contributed by atoms with Crippen molar-refractivity contribution in [1.82, 2.24) is 0 Å². The molecule has 0 amide bonds. The van der Waals surface area contributed by atoms with Crippen molar-refractivity contribution in [3.05, 3.63) is 24.3 Å². The van der Waals surface area contributed by atoms with E-state index < -0.39 is 14.8 Å². The molecule has 0 aliphatic carbocycles. The molecule has 0 N–H and O–H groups in total. The summed E-state index contributed by atoms with van der Waals surface area (Å²) in [5, 5.41) is 2.86. The summed E-state index contributed by atoms with van der Waals surface area (Å²) in [5.41, 5.74) is 0. The number of benzene rings is 1. The standard InChI is InChI=1S/C16H28Cl2Si2/c1-15(2,3)19(7,17)13-11-9-10-12-14(13)20(8,18)16(4,5)6/h9-12H,1-8H3/t19-,20+. The second kappa shape index (κ2) is 5.46. The molecular weight excluding hydrogens is 319 g/mol. The van der Waals surface area contributed by atoms with Crippen molar-refractivity contribution in [1.29, 1.82) is 0 Å². The van der Waals surface area contributed by atoms with Gasteiger partial charge in [-0.1, -0.05) is 78.9 Å². The lowest BCUT2D eigenvalue weighted by molar-refractivity contribution is 0.737. The summed E-state index contributed by atoms with van der Waals surface area (Å²) >= 11 is 14.2. The van der Waals surface area contributed by atoms with Crippen molar-refractivity contribution < 1.29 is 0 Å². The molecule has 4 heteroatoms. The van der Waals surface area contributed by atoms with Crippen molar-refractivity contribution in [2.75, 3.05) is 0 Å². The van der Waals surface area contributed by atoms with Crippen LogP contribution >= 0.6 is 22.2 Å². The zero-order chi connectivity index (χ0) is 16.0. The van der Waals surface area contributed by atoms with Gasteiger partial charge in [0.25, 0.3) is 0 Å². The average Bonchev–Trinajstić information content (AvgIpc) is 2.26. The number of hydrogen-bond acceptors (Lipinski definition) is 0. The first-order valence-electron chi connectivity index (χ1n) is 7.21. The highest BCUT2D eigenvalue weighted by Gasteiger charge is 2.47. The second-order valence-electron chi connectivity index (χ2n) is 8.05. The average molecular weight is 347 g/mol. The maximum absolute atomic E-state index is 7.10. The molecule has 1 aromatic rings. The Bertz CT molecular complexity index is 435. The van der Waals surface area contributed by atoms with Crippen LogP contribution in [0.15, 0.2) is 24.3 Å². The van der Waals surface area contributed by atoms with Gasteiger partial charge in [0.1, 0.15) is 0 Å². The zero-order valence-electron chi connectivity index (χ0n) is 14.1. The van der Waals surface area contributed by atoms with Gasteiger partial charge in [0, 0.05) is 0 Å². The van der Waals surface area contributed by atoms with E-state index in [4.69, 9.17) is 22.2 Å². The molecule has 0 heterocycles. The van der Waals surface area contributed by atoms with Crippen LogP contribution in [-0.4, -0.2) is 14.8 Å². The minimum absolute atomic E-state index is 0.101. The van der Waals surface area contributed by atoms with Gasteiger partial charge in [0.05, 0.1) is 0 Å². The lowest BCUT2D eigenvalue weighted by Gasteiger charge is -2.41. The van der Waals surface area contributed by atoms with Gasteiger partial charge < -0.3 is 0 Å².